The van der Waals surface area contributed by atoms with Crippen LogP contribution in [0, 0.1) is 13.8 Å². The van der Waals surface area contributed by atoms with Gasteiger partial charge in [-0.1, -0.05) is 6.07 Å². The fourth-order valence-corrected chi connectivity index (χ4v) is 2.23. The maximum atomic E-state index is 4.67. The molecule has 18 heavy (non-hydrogen) atoms. The number of aryl methyl sites for hydroxylation is 2. The van der Waals surface area contributed by atoms with Crippen molar-refractivity contribution in [3.63, 3.8) is 0 Å². The summed E-state index contributed by atoms with van der Waals surface area (Å²) >= 11 is 0. The molecule has 0 saturated heterocycles. The topological polar surface area (TPSA) is 59.4 Å². The number of rotatable bonds is 2. The highest BCUT2D eigenvalue weighted by Gasteiger charge is 2.14. The van der Waals surface area contributed by atoms with Gasteiger partial charge in [0.15, 0.2) is 0 Å². The van der Waals surface area contributed by atoms with Crippen molar-refractivity contribution in [2.45, 2.75) is 26.8 Å². The maximum Gasteiger partial charge on any atom is 0.137 e. The van der Waals surface area contributed by atoms with Gasteiger partial charge in [0.05, 0.1) is 11.0 Å². The summed E-state index contributed by atoms with van der Waals surface area (Å²) in [5, 5.41) is 4.15. The number of fused-ring (bicyclic) bond motifs is 1. The van der Waals surface area contributed by atoms with Crippen LogP contribution < -0.4 is 0 Å². The van der Waals surface area contributed by atoms with E-state index in [1.54, 1.807) is 11.0 Å². The second-order valence-corrected chi connectivity index (χ2v) is 4.65. The molecule has 0 aliphatic carbocycles. The average Bonchev–Trinajstić information content (AvgIpc) is 2.96. The predicted octanol–water partition coefficient (Wildman–Crippen LogP) is 2.38. The maximum absolute atomic E-state index is 4.67. The van der Waals surface area contributed by atoms with Gasteiger partial charge in [-0.2, -0.15) is 5.10 Å². The van der Waals surface area contributed by atoms with E-state index in [-0.39, 0.29) is 6.04 Å². The minimum atomic E-state index is 0.0552. The number of nitrogens with zero attached hydrogens (tertiary/aromatic N) is 4. The zero-order valence-corrected chi connectivity index (χ0v) is 10.7. The lowest BCUT2D eigenvalue weighted by Crippen LogP contribution is -2.08. The molecular weight excluding hydrogens is 226 g/mol. The van der Waals surface area contributed by atoms with Gasteiger partial charge >= 0.3 is 0 Å². The van der Waals surface area contributed by atoms with Gasteiger partial charge in [-0.15, -0.1) is 0 Å². The first kappa shape index (κ1) is 11.0. The summed E-state index contributed by atoms with van der Waals surface area (Å²) in [5.74, 6) is 0.907. The number of imidazole rings is 1. The van der Waals surface area contributed by atoms with E-state index in [1.807, 2.05) is 0 Å². The molecule has 0 saturated carbocycles. The van der Waals surface area contributed by atoms with Gasteiger partial charge in [0.25, 0.3) is 0 Å². The van der Waals surface area contributed by atoms with Gasteiger partial charge in [0.2, 0.25) is 0 Å². The number of aromatic nitrogens is 5. The van der Waals surface area contributed by atoms with Crippen LogP contribution in [0.25, 0.3) is 11.0 Å². The van der Waals surface area contributed by atoms with E-state index >= 15 is 0 Å². The van der Waals surface area contributed by atoms with Crippen LogP contribution in [0.4, 0.5) is 0 Å². The Bertz CT molecular complexity index is 681. The van der Waals surface area contributed by atoms with Crippen LogP contribution in [0.3, 0.4) is 0 Å². The van der Waals surface area contributed by atoms with E-state index in [1.165, 1.54) is 17.5 Å². The quantitative estimate of drug-likeness (QED) is 0.749. The lowest BCUT2D eigenvalue weighted by atomic mass is 10.1. The van der Waals surface area contributed by atoms with E-state index in [2.05, 4.69) is 53.0 Å². The molecule has 0 bridgehead atoms. The van der Waals surface area contributed by atoms with Crippen LogP contribution in [0.2, 0.25) is 0 Å². The minimum absolute atomic E-state index is 0.0552. The molecule has 0 aliphatic rings. The molecule has 1 aromatic carbocycles. The van der Waals surface area contributed by atoms with Crippen molar-refractivity contribution in [3.8, 4) is 0 Å². The smallest absolute Gasteiger partial charge is 0.137 e. The molecular formula is C13H15N5. The van der Waals surface area contributed by atoms with Crippen molar-refractivity contribution >= 4 is 11.0 Å². The van der Waals surface area contributed by atoms with Crippen molar-refractivity contribution in [1.29, 1.82) is 0 Å². The van der Waals surface area contributed by atoms with Gasteiger partial charge < -0.3 is 4.98 Å². The molecule has 3 aromatic rings. The van der Waals surface area contributed by atoms with Gasteiger partial charge in [-0.05, 0) is 38.0 Å². The Morgan fingerprint density at radius 2 is 2.11 bits per heavy atom. The van der Waals surface area contributed by atoms with E-state index in [9.17, 15) is 0 Å². The van der Waals surface area contributed by atoms with Crippen molar-refractivity contribution in [1.82, 2.24) is 24.7 Å². The highest BCUT2D eigenvalue weighted by atomic mass is 15.3. The highest BCUT2D eigenvalue weighted by molar-refractivity contribution is 5.79. The van der Waals surface area contributed by atoms with Gasteiger partial charge in [0.1, 0.15) is 24.5 Å². The van der Waals surface area contributed by atoms with Crippen LogP contribution in [-0.2, 0) is 0 Å². The van der Waals surface area contributed by atoms with E-state index in [4.69, 9.17) is 0 Å². The van der Waals surface area contributed by atoms with Crippen molar-refractivity contribution in [3.05, 3.63) is 41.7 Å². The molecule has 1 atom stereocenters. The Balaban J connectivity index is 2.11. The summed E-state index contributed by atoms with van der Waals surface area (Å²) in [7, 11) is 0. The standard InChI is InChI=1S/C13H15N5/c1-8-4-9(2)12-11(5-8)16-13(17-12)10(3)18-7-14-6-15-18/h4-7,10H,1-3H3,(H,16,17). The number of hydrogen-bond donors (Lipinski definition) is 1. The second kappa shape index (κ2) is 3.94. The third-order valence-electron chi connectivity index (χ3n) is 3.17. The first-order valence-electron chi connectivity index (χ1n) is 5.96. The molecule has 5 nitrogen and oxygen atoms in total. The third kappa shape index (κ3) is 1.68. The van der Waals surface area contributed by atoms with Crippen molar-refractivity contribution in [2.75, 3.05) is 0 Å². The number of aromatic amines is 1. The Morgan fingerprint density at radius 3 is 2.83 bits per heavy atom. The number of H-pyrrole nitrogens is 1. The van der Waals surface area contributed by atoms with Crippen molar-refractivity contribution < 1.29 is 0 Å². The van der Waals surface area contributed by atoms with Crippen LogP contribution >= 0.6 is 0 Å². The summed E-state index contributed by atoms with van der Waals surface area (Å²) in [4.78, 5) is 12.0. The third-order valence-corrected chi connectivity index (χ3v) is 3.17. The monoisotopic (exact) mass is 241 g/mol. The van der Waals surface area contributed by atoms with Crippen LogP contribution in [0.1, 0.15) is 29.9 Å². The minimum Gasteiger partial charge on any atom is -0.340 e. The van der Waals surface area contributed by atoms with Crippen molar-refractivity contribution in [2.24, 2.45) is 0 Å². The molecule has 92 valence electrons. The first-order valence-corrected chi connectivity index (χ1v) is 5.96. The van der Waals surface area contributed by atoms with Crippen LogP contribution in [0.15, 0.2) is 24.8 Å². The van der Waals surface area contributed by atoms with E-state index in [0.29, 0.717) is 0 Å². The molecule has 1 unspecified atom stereocenters. The lowest BCUT2D eigenvalue weighted by molar-refractivity contribution is 0.540. The summed E-state index contributed by atoms with van der Waals surface area (Å²) < 4.78 is 1.79. The van der Waals surface area contributed by atoms with Crippen LogP contribution in [-0.4, -0.2) is 24.7 Å². The molecule has 3 rings (SSSR count). The summed E-state index contributed by atoms with van der Waals surface area (Å²) in [6, 6.07) is 4.32. The normalized spacial score (nSPS) is 13.1. The molecule has 5 heteroatoms. The lowest BCUT2D eigenvalue weighted by Gasteiger charge is -2.07. The number of nitrogens with one attached hydrogen (secondary N) is 1. The highest BCUT2D eigenvalue weighted by Crippen LogP contribution is 2.22. The summed E-state index contributed by atoms with van der Waals surface area (Å²) in [6.45, 7) is 6.22. The summed E-state index contributed by atoms with van der Waals surface area (Å²) in [6.07, 6.45) is 3.24. The largest absolute Gasteiger partial charge is 0.340 e. The summed E-state index contributed by atoms with van der Waals surface area (Å²) in [5.41, 5.74) is 4.54. The first-order chi connectivity index (χ1) is 8.65. The molecule has 2 heterocycles. The van der Waals surface area contributed by atoms with Gasteiger partial charge in [0, 0.05) is 0 Å². The Labute approximate surface area is 105 Å². The number of benzene rings is 1. The molecule has 0 amide bonds. The van der Waals surface area contributed by atoms with E-state index in [0.717, 1.165) is 16.9 Å². The number of hydrogen-bond acceptors (Lipinski definition) is 3. The second-order valence-electron chi connectivity index (χ2n) is 4.65. The van der Waals surface area contributed by atoms with Gasteiger partial charge in [-0.3, -0.25) is 0 Å². The zero-order valence-electron chi connectivity index (χ0n) is 10.7. The predicted molar refractivity (Wildman–Crippen MR) is 69.4 cm³/mol. The molecule has 0 fully saturated rings. The fraction of sp³-hybridized carbons (Fsp3) is 0.308. The Kier molecular flexibility index (Phi) is 2.40. The Morgan fingerprint density at radius 1 is 1.28 bits per heavy atom. The molecule has 1 N–H and O–H groups in total. The molecule has 0 spiro atoms. The van der Waals surface area contributed by atoms with E-state index < -0.39 is 0 Å². The Hall–Kier alpha value is -2.17. The molecule has 2 aromatic heterocycles. The fourth-order valence-electron chi connectivity index (χ4n) is 2.23. The molecule has 0 aliphatic heterocycles. The van der Waals surface area contributed by atoms with Gasteiger partial charge in [-0.25, -0.2) is 14.6 Å². The molecule has 0 radical (unpaired) electrons. The van der Waals surface area contributed by atoms with Crippen LogP contribution in [0.5, 0.6) is 0 Å². The zero-order chi connectivity index (χ0) is 12.7. The average molecular weight is 241 g/mol. The SMILES string of the molecule is Cc1cc(C)c2nc(C(C)n3cncn3)[nH]c2c1.